The van der Waals surface area contributed by atoms with Crippen molar-refractivity contribution in [3.8, 4) is 11.8 Å². The van der Waals surface area contributed by atoms with E-state index in [2.05, 4.69) is 5.32 Å². The summed E-state index contributed by atoms with van der Waals surface area (Å²) in [6.45, 7) is -0.00177. The summed E-state index contributed by atoms with van der Waals surface area (Å²) in [6.07, 6.45) is 0.215. The Hall–Kier alpha value is -2.51. The molecule has 0 radical (unpaired) electrons. The van der Waals surface area contributed by atoms with E-state index < -0.39 is 0 Å². The summed E-state index contributed by atoms with van der Waals surface area (Å²) < 4.78 is 5.14. The number of hydrogen-bond acceptors (Lipinski definition) is 3. The minimum Gasteiger partial charge on any atom is -0.479 e. The number of hydrogen-bond donors (Lipinski definition) is 1. The maximum Gasteiger partial charge on any atom is 0.228 e. The van der Waals surface area contributed by atoms with Crippen molar-refractivity contribution < 1.29 is 9.53 Å². The van der Waals surface area contributed by atoms with Gasteiger partial charge in [0.25, 0.3) is 0 Å². The van der Waals surface area contributed by atoms with Crippen molar-refractivity contribution in [2.24, 2.45) is 0 Å². The van der Waals surface area contributed by atoms with Crippen LogP contribution in [0.3, 0.4) is 0 Å². The molecule has 106 valence electrons. The first-order valence-corrected chi connectivity index (χ1v) is 6.70. The highest BCUT2D eigenvalue weighted by atomic mass is 35.5. The van der Waals surface area contributed by atoms with E-state index >= 15 is 0 Å². The minimum absolute atomic E-state index is 0.00177. The number of anilines is 1. The Morgan fingerprint density at radius 3 is 2.57 bits per heavy atom. The molecule has 0 aromatic heterocycles. The van der Waals surface area contributed by atoms with Gasteiger partial charge in [0.15, 0.2) is 6.61 Å². The first kappa shape index (κ1) is 14.9. The van der Waals surface area contributed by atoms with E-state index in [1.165, 1.54) is 0 Å². The Balaban J connectivity index is 1.94. The Morgan fingerprint density at radius 1 is 1.19 bits per heavy atom. The van der Waals surface area contributed by atoms with Gasteiger partial charge in [-0.1, -0.05) is 29.8 Å². The van der Waals surface area contributed by atoms with Crippen LogP contribution in [-0.4, -0.2) is 12.5 Å². The highest BCUT2D eigenvalue weighted by molar-refractivity contribution is 6.31. The lowest BCUT2D eigenvalue weighted by atomic mass is 10.1. The van der Waals surface area contributed by atoms with Crippen molar-refractivity contribution in [3.63, 3.8) is 0 Å². The van der Waals surface area contributed by atoms with Gasteiger partial charge in [-0.3, -0.25) is 4.79 Å². The van der Waals surface area contributed by atoms with Crippen molar-refractivity contribution in [1.82, 2.24) is 0 Å². The molecule has 1 amide bonds. The van der Waals surface area contributed by atoms with Gasteiger partial charge in [0.1, 0.15) is 11.8 Å². The fourth-order valence-electron chi connectivity index (χ4n) is 1.77. The fourth-order valence-corrected chi connectivity index (χ4v) is 1.97. The molecule has 0 fully saturated rings. The Kier molecular flexibility index (Phi) is 5.19. The van der Waals surface area contributed by atoms with Crippen molar-refractivity contribution in [1.29, 1.82) is 5.26 Å². The molecule has 21 heavy (non-hydrogen) atoms. The summed E-state index contributed by atoms with van der Waals surface area (Å²) in [4.78, 5) is 11.9. The normalized spacial score (nSPS) is 9.71. The molecule has 4 nitrogen and oxygen atoms in total. The molecular weight excluding hydrogens is 288 g/mol. The zero-order valence-electron chi connectivity index (χ0n) is 11.2. The second kappa shape index (κ2) is 7.32. The van der Waals surface area contributed by atoms with E-state index in [4.69, 9.17) is 21.6 Å². The number of ether oxygens (including phenoxy) is 1. The molecule has 5 heteroatoms. The molecule has 0 heterocycles. The summed E-state index contributed by atoms with van der Waals surface area (Å²) in [5, 5.41) is 11.8. The van der Waals surface area contributed by atoms with E-state index in [9.17, 15) is 4.79 Å². The molecule has 0 unspecified atom stereocenters. The largest absolute Gasteiger partial charge is 0.479 e. The number of nitriles is 1. The van der Waals surface area contributed by atoms with Crippen LogP contribution in [0.1, 0.15) is 5.56 Å². The summed E-state index contributed by atoms with van der Waals surface area (Å²) in [7, 11) is 0. The SMILES string of the molecule is N#CCOc1ccc(NC(=O)Cc2ccccc2Cl)cc1. The molecule has 0 saturated carbocycles. The van der Waals surface area contributed by atoms with Crippen molar-refractivity contribution in [2.75, 3.05) is 11.9 Å². The van der Waals surface area contributed by atoms with Gasteiger partial charge >= 0.3 is 0 Å². The lowest BCUT2D eigenvalue weighted by Crippen LogP contribution is -2.14. The van der Waals surface area contributed by atoms with Gasteiger partial charge in [-0.05, 0) is 35.9 Å². The van der Waals surface area contributed by atoms with Crippen LogP contribution in [0.4, 0.5) is 5.69 Å². The number of rotatable bonds is 5. The van der Waals surface area contributed by atoms with Gasteiger partial charge in [0.2, 0.25) is 5.91 Å². The lowest BCUT2D eigenvalue weighted by molar-refractivity contribution is -0.115. The topological polar surface area (TPSA) is 62.1 Å². The molecule has 0 spiro atoms. The van der Waals surface area contributed by atoms with Gasteiger partial charge in [0.05, 0.1) is 6.42 Å². The zero-order chi connectivity index (χ0) is 15.1. The van der Waals surface area contributed by atoms with E-state index in [1.807, 2.05) is 24.3 Å². The maximum absolute atomic E-state index is 11.9. The number of nitrogens with zero attached hydrogens (tertiary/aromatic N) is 1. The molecular formula is C16H13ClN2O2. The van der Waals surface area contributed by atoms with Crippen molar-refractivity contribution in [2.45, 2.75) is 6.42 Å². The predicted octanol–water partition coefficient (Wildman–Crippen LogP) is 3.42. The van der Waals surface area contributed by atoms with Gasteiger partial charge in [-0.25, -0.2) is 0 Å². The van der Waals surface area contributed by atoms with Crippen LogP contribution in [0.5, 0.6) is 5.75 Å². The summed E-state index contributed by atoms with van der Waals surface area (Å²) in [5.74, 6) is 0.439. The van der Waals surface area contributed by atoms with Crippen LogP contribution >= 0.6 is 11.6 Å². The van der Waals surface area contributed by atoms with Crippen LogP contribution < -0.4 is 10.1 Å². The molecule has 0 aliphatic heterocycles. The molecule has 2 rings (SSSR count). The maximum atomic E-state index is 11.9. The first-order chi connectivity index (χ1) is 10.2. The first-order valence-electron chi connectivity index (χ1n) is 6.32. The van der Waals surface area contributed by atoms with E-state index in [0.717, 1.165) is 5.56 Å². The zero-order valence-corrected chi connectivity index (χ0v) is 11.9. The second-order valence-electron chi connectivity index (χ2n) is 4.29. The van der Waals surface area contributed by atoms with Crippen molar-refractivity contribution >= 4 is 23.2 Å². The third-order valence-electron chi connectivity index (χ3n) is 2.75. The molecule has 0 atom stereocenters. The van der Waals surface area contributed by atoms with Crippen LogP contribution in [0.2, 0.25) is 5.02 Å². The monoisotopic (exact) mass is 300 g/mol. The average molecular weight is 301 g/mol. The Bertz CT molecular complexity index is 663. The van der Waals surface area contributed by atoms with E-state index in [0.29, 0.717) is 16.5 Å². The fraction of sp³-hybridized carbons (Fsp3) is 0.125. The summed E-state index contributed by atoms with van der Waals surface area (Å²) in [6, 6.07) is 16.0. The molecule has 0 aliphatic rings. The highest BCUT2D eigenvalue weighted by Crippen LogP contribution is 2.18. The summed E-state index contributed by atoms with van der Waals surface area (Å²) >= 11 is 6.02. The molecule has 0 aliphatic carbocycles. The molecule has 2 aromatic rings. The number of amides is 1. The van der Waals surface area contributed by atoms with Crippen LogP contribution in [0.25, 0.3) is 0 Å². The number of carbonyl (C=O) groups excluding carboxylic acids is 1. The minimum atomic E-state index is -0.145. The number of carbonyl (C=O) groups is 1. The molecule has 1 N–H and O–H groups in total. The van der Waals surface area contributed by atoms with E-state index in [1.54, 1.807) is 30.3 Å². The molecule has 0 bridgehead atoms. The number of benzene rings is 2. The molecule has 2 aromatic carbocycles. The predicted molar refractivity (Wildman–Crippen MR) is 81.3 cm³/mol. The average Bonchev–Trinajstić information content (AvgIpc) is 2.49. The standard InChI is InChI=1S/C16H13ClN2O2/c17-15-4-2-1-3-12(15)11-16(20)19-13-5-7-14(8-6-13)21-10-9-18/h1-8H,10-11H2,(H,19,20). The Morgan fingerprint density at radius 2 is 1.90 bits per heavy atom. The van der Waals surface area contributed by atoms with Crippen LogP contribution in [-0.2, 0) is 11.2 Å². The molecule has 0 saturated heterocycles. The third-order valence-corrected chi connectivity index (χ3v) is 3.12. The number of halogens is 1. The quantitative estimate of drug-likeness (QED) is 0.920. The van der Waals surface area contributed by atoms with E-state index in [-0.39, 0.29) is 18.9 Å². The van der Waals surface area contributed by atoms with Gasteiger partial charge in [0, 0.05) is 10.7 Å². The van der Waals surface area contributed by atoms with Gasteiger partial charge < -0.3 is 10.1 Å². The third kappa shape index (κ3) is 4.51. The van der Waals surface area contributed by atoms with Crippen molar-refractivity contribution in [3.05, 3.63) is 59.1 Å². The highest BCUT2D eigenvalue weighted by Gasteiger charge is 2.07. The Labute approximate surface area is 127 Å². The number of nitrogens with one attached hydrogen (secondary N) is 1. The van der Waals surface area contributed by atoms with Crippen LogP contribution in [0, 0.1) is 11.3 Å². The van der Waals surface area contributed by atoms with Gasteiger partial charge in [-0.15, -0.1) is 0 Å². The smallest absolute Gasteiger partial charge is 0.228 e. The van der Waals surface area contributed by atoms with Crippen LogP contribution in [0.15, 0.2) is 48.5 Å². The lowest BCUT2D eigenvalue weighted by Gasteiger charge is -2.07. The second-order valence-corrected chi connectivity index (χ2v) is 4.69. The van der Waals surface area contributed by atoms with Gasteiger partial charge in [-0.2, -0.15) is 5.26 Å². The summed E-state index contributed by atoms with van der Waals surface area (Å²) in [5.41, 5.74) is 1.45.